The van der Waals surface area contributed by atoms with Crippen molar-refractivity contribution in [3.05, 3.63) is 0 Å². The van der Waals surface area contributed by atoms with Crippen LogP contribution in [-0.4, -0.2) is 17.6 Å². The minimum Gasteiger partial charge on any atom is -0.481 e. The van der Waals surface area contributed by atoms with Gasteiger partial charge in [-0.2, -0.15) is 0 Å². The average Bonchev–Trinajstić information content (AvgIpc) is 2.77. The van der Waals surface area contributed by atoms with Crippen LogP contribution in [0.15, 0.2) is 0 Å². The molecule has 0 aromatic heterocycles. The van der Waals surface area contributed by atoms with Crippen molar-refractivity contribution < 1.29 is 9.90 Å². The van der Waals surface area contributed by atoms with Gasteiger partial charge < -0.3 is 10.8 Å². The van der Waals surface area contributed by atoms with E-state index in [4.69, 9.17) is 10.8 Å². The van der Waals surface area contributed by atoms with E-state index in [1.54, 1.807) is 0 Å². The number of hydrogen-bond donors (Lipinski definition) is 2. The van der Waals surface area contributed by atoms with Crippen molar-refractivity contribution >= 4 is 5.97 Å². The summed E-state index contributed by atoms with van der Waals surface area (Å²) in [5.74, 6) is -1.08. The number of hydrogen-bond acceptors (Lipinski definition) is 2. The van der Waals surface area contributed by atoms with Crippen molar-refractivity contribution in [2.45, 2.75) is 39.0 Å². The van der Waals surface area contributed by atoms with Crippen LogP contribution in [0, 0.1) is 11.3 Å². The molecule has 0 aromatic carbocycles. The maximum Gasteiger partial charge on any atom is 0.307 e. The summed E-state index contributed by atoms with van der Waals surface area (Å²) in [7, 11) is 0. The molecule has 0 aromatic rings. The molecule has 0 radical (unpaired) electrons. The first-order valence-electron chi connectivity index (χ1n) is 5.00. The predicted octanol–water partition coefficient (Wildman–Crippen LogP) is 1.62. The number of rotatable bonds is 6. The molecular weight excluding hydrogens is 166 g/mol. The molecule has 76 valence electrons. The fourth-order valence-corrected chi connectivity index (χ4v) is 1.58. The minimum absolute atomic E-state index is 0.270. The fourth-order valence-electron chi connectivity index (χ4n) is 1.58. The SMILES string of the molecule is CC1(CCCC(CN)C(=O)O)CC1. The third kappa shape index (κ3) is 3.35. The van der Waals surface area contributed by atoms with Crippen LogP contribution in [-0.2, 0) is 4.79 Å². The second kappa shape index (κ2) is 4.09. The Kier molecular flexibility index (Phi) is 3.31. The van der Waals surface area contributed by atoms with E-state index in [0.29, 0.717) is 5.41 Å². The van der Waals surface area contributed by atoms with E-state index in [1.807, 2.05) is 0 Å². The summed E-state index contributed by atoms with van der Waals surface area (Å²) in [5, 5.41) is 8.74. The van der Waals surface area contributed by atoms with E-state index in [9.17, 15) is 4.79 Å². The van der Waals surface area contributed by atoms with Crippen LogP contribution in [0.2, 0.25) is 0 Å². The molecule has 3 nitrogen and oxygen atoms in total. The van der Waals surface area contributed by atoms with Crippen molar-refractivity contribution in [3.63, 3.8) is 0 Å². The van der Waals surface area contributed by atoms with E-state index in [-0.39, 0.29) is 12.5 Å². The molecule has 1 rings (SSSR count). The standard InChI is InChI=1S/C10H19NO2/c1-10(5-6-10)4-2-3-8(7-11)9(12)13/h8H,2-7,11H2,1H3,(H,12,13). The Morgan fingerprint density at radius 1 is 1.62 bits per heavy atom. The van der Waals surface area contributed by atoms with Crippen molar-refractivity contribution in [1.29, 1.82) is 0 Å². The van der Waals surface area contributed by atoms with E-state index >= 15 is 0 Å². The molecule has 1 aliphatic rings. The number of carbonyl (C=O) groups is 1. The molecule has 0 saturated heterocycles. The summed E-state index contributed by atoms with van der Waals surface area (Å²) in [6.45, 7) is 2.54. The number of carboxylic acid groups (broad SMARTS) is 1. The Morgan fingerprint density at radius 3 is 2.62 bits per heavy atom. The lowest BCUT2D eigenvalue weighted by Gasteiger charge is -2.11. The topological polar surface area (TPSA) is 63.3 Å². The zero-order valence-electron chi connectivity index (χ0n) is 8.25. The van der Waals surface area contributed by atoms with Crippen LogP contribution >= 0.6 is 0 Å². The first-order chi connectivity index (χ1) is 6.07. The molecular formula is C10H19NO2. The third-order valence-electron chi connectivity index (χ3n) is 3.07. The molecule has 0 bridgehead atoms. The molecule has 1 saturated carbocycles. The quantitative estimate of drug-likeness (QED) is 0.661. The Bertz CT molecular complexity index is 187. The van der Waals surface area contributed by atoms with Crippen LogP contribution in [0.4, 0.5) is 0 Å². The smallest absolute Gasteiger partial charge is 0.307 e. The normalized spacial score (nSPS) is 21.1. The fraction of sp³-hybridized carbons (Fsp3) is 0.900. The van der Waals surface area contributed by atoms with Crippen LogP contribution in [0.1, 0.15) is 39.0 Å². The highest BCUT2D eigenvalue weighted by atomic mass is 16.4. The first kappa shape index (κ1) is 10.5. The molecule has 3 heteroatoms. The van der Waals surface area contributed by atoms with E-state index in [2.05, 4.69) is 6.92 Å². The average molecular weight is 185 g/mol. The van der Waals surface area contributed by atoms with E-state index in [1.165, 1.54) is 12.8 Å². The van der Waals surface area contributed by atoms with Crippen LogP contribution in [0.25, 0.3) is 0 Å². The number of carboxylic acids is 1. The van der Waals surface area contributed by atoms with Gasteiger partial charge in [0.25, 0.3) is 0 Å². The highest BCUT2D eigenvalue weighted by molar-refractivity contribution is 5.70. The van der Waals surface area contributed by atoms with Crippen molar-refractivity contribution in [1.82, 2.24) is 0 Å². The van der Waals surface area contributed by atoms with Gasteiger partial charge in [-0.05, 0) is 31.1 Å². The summed E-state index contributed by atoms with van der Waals surface area (Å²) < 4.78 is 0. The molecule has 0 spiro atoms. The van der Waals surface area contributed by atoms with Gasteiger partial charge in [-0.1, -0.05) is 13.3 Å². The van der Waals surface area contributed by atoms with Crippen LogP contribution < -0.4 is 5.73 Å². The first-order valence-corrected chi connectivity index (χ1v) is 5.00. The Labute approximate surface area is 79.3 Å². The minimum atomic E-state index is -0.747. The molecule has 0 aliphatic heterocycles. The molecule has 0 heterocycles. The van der Waals surface area contributed by atoms with Gasteiger partial charge in [0, 0.05) is 6.54 Å². The van der Waals surface area contributed by atoms with Gasteiger partial charge in [-0.3, -0.25) is 4.79 Å². The Hall–Kier alpha value is -0.570. The lowest BCUT2D eigenvalue weighted by atomic mass is 9.96. The lowest BCUT2D eigenvalue weighted by Crippen LogP contribution is -2.23. The zero-order chi connectivity index (χ0) is 9.90. The Balaban J connectivity index is 2.12. The monoisotopic (exact) mass is 185 g/mol. The highest BCUT2D eigenvalue weighted by Crippen LogP contribution is 2.49. The number of aliphatic carboxylic acids is 1. The molecule has 3 N–H and O–H groups in total. The maximum atomic E-state index is 10.6. The molecule has 0 amide bonds. The van der Waals surface area contributed by atoms with Gasteiger partial charge in [0.15, 0.2) is 0 Å². The zero-order valence-corrected chi connectivity index (χ0v) is 8.25. The summed E-state index contributed by atoms with van der Waals surface area (Å²) in [6, 6.07) is 0. The van der Waals surface area contributed by atoms with Crippen molar-refractivity contribution in [2.24, 2.45) is 17.1 Å². The summed E-state index contributed by atoms with van der Waals surface area (Å²) in [5.41, 5.74) is 5.90. The predicted molar refractivity (Wildman–Crippen MR) is 51.4 cm³/mol. The van der Waals surface area contributed by atoms with Crippen LogP contribution in [0.3, 0.4) is 0 Å². The molecule has 1 fully saturated rings. The van der Waals surface area contributed by atoms with Gasteiger partial charge in [-0.25, -0.2) is 0 Å². The Morgan fingerprint density at radius 2 is 2.23 bits per heavy atom. The van der Waals surface area contributed by atoms with Gasteiger partial charge in [0.1, 0.15) is 0 Å². The largest absolute Gasteiger partial charge is 0.481 e. The van der Waals surface area contributed by atoms with Crippen molar-refractivity contribution in [2.75, 3.05) is 6.54 Å². The molecule has 13 heavy (non-hydrogen) atoms. The molecule has 1 unspecified atom stereocenters. The lowest BCUT2D eigenvalue weighted by molar-refractivity contribution is -0.141. The maximum absolute atomic E-state index is 10.6. The van der Waals surface area contributed by atoms with Gasteiger partial charge in [0.05, 0.1) is 5.92 Å². The summed E-state index contributed by atoms with van der Waals surface area (Å²) in [6.07, 6.45) is 5.53. The van der Waals surface area contributed by atoms with Crippen LogP contribution in [0.5, 0.6) is 0 Å². The second-order valence-electron chi connectivity index (χ2n) is 4.47. The highest BCUT2D eigenvalue weighted by Gasteiger charge is 2.36. The summed E-state index contributed by atoms with van der Waals surface area (Å²) >= 11 is 0. The van der Waals surface area contributed by atoms with Gasteiger partial charge >= 0.3 is 5.97 Å². The third-order valence-corrected chi connectivity index (χ3v) is 3.07. The second-order valence-corrected chi connectivity index (χ2v) is 4.47. The van der Waals surface area contributed by atoms with E-state index in [0.717, 1.165) is 19.3 Å². The molecule has 1 atom stereocenters. The van der Waals surface area contributed by atoms with Gasteiger partial charge in [-0.15, -0.1) is 0 Å². The number of nitrogens with two attached hydrogens (primary N) is 1. The summed E-state index contributed by atoms with van der Waals surface area (Å²) in [4.78, 5) is 10.6. The molecule has 1 aliphatic carbocycles. The van der Waals surface area contributed by atoms with Gasteiger partial charge in [0.2, 0.25) is 0 Å². The van der Waals surface area contributed by atoms with E-state index < -0.39 is 5.97 Å². The van der Waals surface area contributed by atoms with Crippen molar-refractivity contribution in [3.8, 4) is 0 Å².